The Labute approximate surface area is 191 Å². The average Bonchev–Trinajstić information content (AvgIpc) is 2.92. The smallest absolute Gasteiger partial charge is 0.264 e. The van der Waals surface area contributed by atoms with E-state index in [4.69, 9.17) is 23.2 Å². The quantitative estimate of drug-likeness (QED) is 0.510. The SMILES string of the molecule is Cc1ccc(C)c(C(=O)CC2(O)C(=O)N(Cc3ccc(Cl)cc3)c3ccc(Cl)cc32)c1. The predicted octanol–water partition coefficient (Wildman–Crippen LogP) is 5.62. The van der Waals surface area contributed by atoms with Gasteiger partial charge in [0.25, 0.3) is 5.91 Å². The number of fused-ring (bicyclic) bond motifs is 1. The number of carbonyl (C=O) groups excluding carboxylic acids is 2. The molecule has 1 amide bonds. The largest absolute Gasteiger partial charge is 0.375 e. The maximum atomic E-state index is 13.4. The van der Waals surface area contributed by atoms with Gasteiger partial charge in [0.05, 0.1) is 18.7 Å². The highest BCUT2D eigenvalue weighted by atomic mass is 35.5. The van der Waals surface area contributed by atoms with Crippen LogP contribution in [0.15, 0.2) is 60.7 Å². The first-order valence-corrected chi connectivity index (χ1v) is 10.6. The summed E-state index contributed by atoms with van der Waals surface area (Å²) in [5.41, 5.74) is 1.99. The first-order chi connectivity index (χ1) is 14.7. The minimum atomic E-state index is -1.99. The lowest BCUT2D eigenvalue weighted by Gasteiger charge is -2.23. The topological polar surface area (TPSA) is 57.6 Å². The van der Waals surface area contributed by atoms with Crippen molar-refractivity contribution in [3.8, 4) is 0 Å². The third-order valence-corrected chi connectivity index (χ3v) is 6.14. The summed E-state index contributed by atoms with van der Waals surface area (Å²) in [6, 6.07) is 17.6. The van der Waals surface area contributed by atoms with Crippen LogP contribution >= 0.6 is 23.2 Å². The summed E-state index contributed by atoms with van der Waals surface area (Å²) in [5.74, 6) is -0.838. The summed E-state index contributed by atoms with van der Waals surface area (Å²) >= 11 is 12.2. The molecule has 3 aromatic rings. The molecular weight excluding hydrogens is 433 g/mol. The zero-order valence-electron chi connectivity index (χ0n) is 17.2. The number of aliphatic hydroxyl groups is 1. The number of hydrogen-bond donors (Lipinski definition) is 1. The van der Waals surface area contributed by atoms with Crippen LogP contribution in [0.25, 0.3) is 0 Å². The molecule has 158 valence electrons. The van der Waals surface area contributed by atoms with Crippen molar-refractivity contribution < 1.29 is 14.7 Å². The second-order valence-corrected chi connectivity index (χ2v) is 8.83. The summed E-state index contributed by atoms with van der Waals surface area (Å²) in [7, 11) is 0. The van der Waals surface area contributed by atoms with E-state index in [9.17, 15) is 14.7 Å². The fourth-order valence-corrected chi connectivity index (χ4v) is 4.28. The number of carbonyl (C=O) groups is 2. The molecule has 31 heavy (non-hydrogen) atoms. The fraction of sp³-hybridized carbons (Fsp3) is 0.200. The molecule has 1 heterocycles. The molecule has 3 aromatic carbocycles. The summed E-state index contributed by atoms with van der Waals surface area (Å²) in [4.78, 5) is 28.1. The van der Waals surface area contributed by atoms with E-state index in [1.54, 1.807) is 36.4 Å². The molecule has 4 nitrogen and oxygen atoms in total. The molecule has 0 fully saturated rings. The van der Waals surface area contributed by atoms with E-state index in [2.05, 4.69) is 0 Å². The normalized spacial score (nSPS) is 17.7. The van der Waals surface area contributed by atoms with Gasteiger partial charge in [-0.1, -0.05) is 53.0 Å². The Morgan fingerprint density at radius 2 is 1.65 bits per heavy atom. The Morgan fingerprint density at radius 1 is 0.968 bits per heavy atom. The molecule has 0 saturated carbocycles. The number of benzene rings is 3. The lowest BCUT2D eigenvalue weighted by Crippen LogP contribution is -2.41. The number of ketones is 1. The molecule has 6 heteroatoms. The van der Waals surface area contributed by atoms with Crippen LogP contribution in [0.5, 0.6) is 0 Å². The van der Waals surface area contributed by atoms with Gasteiger partial charge < -0.3 is 10.0 Å². The van der Waals surface area contributed by atoms with Crippen molar-refractivity contribution in [3.63, 3.8) is 0 Å². The van der Waals surface area contributed by atoms with Crippen LogP contribution in [0.2, 0.25) is 10.0 Å². The molecule has 4 rings (SSSR count). The molecule has 1 unspecified atom stereocenters. The Bertz CT molecular complexity index is 1190. The van der Waals surface area contributed by atoms with Crippen LogP contribution in [0.4, 0.5) is 5.69 Å². The number of Topliss-reactive ketones (excluding diaryl/α,β-unsaturated/α-hetero) is 1. The zero-order chi connectivity index (χ0) is 22.3. The van der Waals surface area contributed by atoms with Crippen molar-refractivity contribution >= 4 is 40.6 Å². The lowest BCUT2D eigenvalue weighted by atomic mass is 9.87. The molecule has 1 aliphatic heterocycles. The molecule has 1 aliphatic rings. The third-order valence-electron chi connectivity index (χ3n) is 5.66. The molecule has 0 saturated heterocycles. The number of anilines is 1. The van der Waals surface area contributed by atoms with Crippen LogP contribution in [0, 0.1) is 13.8 Å². The van der Waals surface area contributed by atoms with Gasteiger partial charge in [0.15, 0.2) is 11.4 Å². The molecule has 0 aromatic heterocycles. The summed E-state index contributed by atoms with van der Waals surface area (Å²) in [6.45, 7) is 3.98. The van der Waals surface area contributed by atoms with Crippen molar-refractivity contribution in [1.29, 1.82) is 0 Å². The van der Waals surface area contributed by atoms with Crippen molar-refractivity contribution in [2.24, 2.45) is 0 Å². The van der Waals surface area contributed by atoms with Gasteiger partial charge >= 0.3 is 0 Å². The van der Waals surface area contributed by atoms with Gasteiger partial charge in [0.2, 0.25) is 0 Å². The Hall–Kier alpha value is -2.66. The predicted molar refractivity (Wildman–Crippen MR) is 123 cm³/mol. The highest BCUT2D eigenvalue weighted by molar-refractivity contribution is 6.31. The van der Waals surface area contributed by atoms with Gasteiger partial charge in [-0.3, -0.25) is 9.59 Å². The zero-order valence-corrected chi connectivity index (χ0v) is 18.7. The molecule has 1 atom stereocenters. The van der Waals surface area contributed by atoms with Crippen LogP contribution in [-0.4, -0.2) is 16.8 Å². The second-order valence-electron chi connectivity index (χ2n) is 7.96. The van der Waals surface area contributed by atoms with Crippen LogP contribution in [-0.2, 0) is 16.9 Å². The van der Waals surface area contributed by atoms with Gasteiger partial charge in [-0.25, -0.2) is 0 Å². The summed E-state index contributed by atoms with van der Waals surface area (Å²) in [5, 5.41) is 12.5. The Balaban J connectivity index is 1.72. The lowest BCUT2D eigenvalue weighted by molar-refractivity contribution is -0.136. The van der Waals surface area contributed by atoms with Crippen LogP contribution in [0.3, 0.4) is 0 Å². The molecule has 0 bridgehead atoms. The highest BCUT2D eigenvalue weighted by Crippen LogP contribution is 2.45. The number of nitrogens with zero attached hydrogens (tertiary/aromatic N) is 1. The van der Waals surface area contributed by atoms with Crippen LogP contribution < -0.4 is 4.90 Å². The summed E-state index contributed by atoms with van der Waals surface area (Å²) in [6.07, 6.45) is -0.361. The number of hydrogen-bond acceptors (Lipinski definition) is 3. The van der Waals surface area contributed by atoms with Gasteiger partial charge in [-0.05, 0) is 61.4 Å². The van der Waals surface area contributed by atoms with E-state index in [0.29, 0.717) is 26.9 Å². The van der Waals surface area contributed by atoms with E-state index in [1.165, 1.54) is 4.90 Å². The molecule has 1 N–H and O–H groups in total. The highest BCUT2D eigenvalue weighted by Gasteiger charge is 2.51. The fourth-order valence-electron chi connectivity index (χ4n) is 3.99. The summed E-state index contributed by atoms with van der Waals surface area (Å²) < 4.78 is 0. The second kappa shape index (κ2) is 8.12. The number of rotatable bonds is 5. The van der Waals surface area contributed by atoms with Crippen molar-refractivity contribution in [1.82, 2.24) is 0 Å². The van der Waals surface area contributed by atoms with E-state index in [0.717, 1.165) is 16.7 Å². The third kappa shape index (κ3) is 3.99. The van der Waals surface area contributed by atoms with Crippen LogP contribution in [0.1, 0.15) is 39.0 Å². The van der Waals surface area contributed by atoms with Crippen molar-refractivity contribution in [2.45, 2.75) is 32.4 Å². The minimum absolute atomic E-state index is 0.241. The number of aryl methyl sites for hydroxylation is 2. The Morgan fingerprint density at radius 3 is 2.35 bits per heavy atom. The average molecular weight is 454 g/mol. The van der Waals surface area contributed by atoms with Gasteiger partial charge in [0, 0.05) is 21.2 Å². The van der Waals surface area contributed by atoms with Gasteiger partial charge in [-0.2, -0.15) is 0 Å². The van der Waals surface area contributed by atoms with E-state index < -0.39 is 11.5 Å². The molecule has 0 spiro atoms. The maximum absolute atomic E-state index is 13.4. The molecule has 0 aliphatic carbocycles. The number of halogens is 2. The van der Waals surface area contributed by atoms with E-state index >= 15 is 0 Å². The monoisotopic (exact) mass is 453 g/mol. The standard InChI is InChI=1S/C25H21Cl2NO3/c1-15-3-4-16(2)20(11-15)23(29)13-25(31)21-12-19(27)9-10-22(21)28(24(25)30)14-17-5-7-18(26)8-6-17/h3-12,31H,13-14H2,1-2H3. The number of amides is 1. The van der Waals surface area contributed by atoms with Gasteiger partial charge in [-0.15, -0.1) is 0 Å². The van der Waals surface area contributed by atoms with Crippen molar-refractivity contribution in [3.05, 3.63) is 98.5 Å². The molecule has 0 radical (unpaired) electrons. The maximum Gasteiger partial charge on any atom is 0.264 e. The molecular formula is C25H21Cl2NO3. The van der Waals surface area contributed by atoms with Crippen molar-refractivity contribution in [2.75, 3.05) is 4.90 Å². The van der Waals surface area contributed by atoms with E-state index in [1.807, 2.05) is 38.1 Å². The minimum Gasteiger partial charge on any atom is -0.375 e. The first-order valence-electron chi connectivity index (χ1n) is 9.88. The first kappa shape index (κ1) is 21.6. The van der Waals surface area contributed by atoms with Gasteiger partial charge in [0.1, 0.15) is 0 Å². The van der Waals surface area contributed by atoms with E-state index in [-0.39, 0.29) is 18.7 Å². The Kier molecular flexibility index (Phi) is 5.65.